The van der Waals surface area contributed by atoms with E-state index in [9.17, 15) is 9.59 Å². The van der Waals surface area contributed by atoms with Crippen molar-refractivity contribution >= 4 is 29.3 Å². The van der Waals surface area contributed by atoms with Crippen LogP contribution in [0.15, 0.2) is 42.5 Å². The van der Waals surface area contributed by atoms with E-state index in [-0.39, 0.29) is 5.91 Å². The predicted octanol–water partition coefficient (Wildman–Crippen LogP) is 3.65. The van der Waals surface area contributed by atoms with Crippen LogP contribution >= 0.6 is 11.8 Å². The molecule has 4 rings (SSSR count). The largest absolute Gasteiger partial charge is 0.445 e. The molecule has 29 heavy (non-hydrogen) atoms. The van der Waals surface area contributed by atoms with E-state index in [1.165, 1.54) is 17.1 Å². The van der Waals surface area contributed by atoms with Gasteiger partial charge in [0, 0.05) is 43.2 Å². The minimum Gasteiger partial charge on any atom is -0.445 e. The molecular weight excluding hydrogens is 384 g/mol. The minimum atomic E-state index is -1.22. The number of thioether (sulfide) groups is 1. The van der Waals surface area contributed by atoms with Crippen molar-refractivity contribution in [3.63, 3.8) is 0 Å². The van der Waals surface area contributed by atoms with Crippen LogP contribution in [0.5, 0.6) is 0 Å². The van der Waals surface area contributed by atoms with Crippen molar-refractivity contribution < 1.29 is 14.3 Å². The molecule has 1 atom stereocenters. The van der Waals surface area contributed by atoms with Gasteiger partial charge in [-0.1, -0.05) is 30.3 Å². The van der Waals surface area contributed by atoms with Crippen LogP contribution in [0.1, 0.15) is 34.0 Å². The van der Waals surface area contributed by atoms with Crippen molar-refractivity contribution in [1.29, 1.82) is 0 Å². The summed E-state index contributed by atoms with van der Waals surface area (Å²) >= 11 is 2.01. The van der Waals surface area contributed by atoms with E-state index in [1.54, 1.807) is 19.1 Å². The van der Waals surface area contributed by atoms with E-state index in [1.807, 2.05) is 36.9 Å². The number of esters is 1. The third kappa shape index (κ3) is 4.33. The summed E-state index contributed by atoms with van der Waals surface area (Å²) in [6.45, 7) is 6.84. The Morgan fingerprint density at radius 3 is 2.72 bits per heavy atom. The fourth-order valence-corrected chi connectivity index (χ4v) is 4.87. The standard InChI is InChI=1S/C23H26N2O3S/c1-16-13-17(15-25-9-11-29-12-10-25)7-8-20(16)24-22(27)23(2)14-18-5-3-4-6-19(18)21(26)28-23/h3-8,13H,9-12,14-15H2,1-2H3,(H,24,27). The average molecular weight is 411 g/mol. The Bertz CT molecular complexity index is 939. The van der Waals surface area contributed by atoms with E-state index < -0.39 is 11.6 Å². The quantitative estimate of drug-likeness (QED) is 0.780. The maximum atomic E-state index is 13.0. The SMILES string of the molecule is Cc1cc(CN2CCSCC2)ccc1NC(=O)C1(C)Cc2ccccc2C(=O)O1. The molecule has 1 fully saturated rings. The summed E-state index contributed by atoms with van der Waals surface area (Å²) in [6, 6.07) is 13.4. The number of nitrogens with one attached hydrogen (secondary N) is 1. The summed E-state index contributed by atoms with van der Waals surface area (Å²) in [5.41, 5.74) is 3.17. The van der Waals surface area contributed by atoms with Crippen LogP contribution in [0.25, 0.3) is 0 Å². The van der Waals surface area contributed by atoms with Gasteiger partial charge >= 0.3 is 5.97 Å². The van der Waals surface area contributed by atoms with Gasteiger partial charge in [0.1, 0.15) is 0 Å². The highest BCUT2D eigenvalue weighted by Gasteiger charge is 2.42. The summed E-state index contributed by atoms with van der Waals surface area (Å²) in [6.07, 6.45) is 0.366. The number of benzene rings is 2. The van der Waals surface area contributed by atoms with E-state index >= 15 is 0 Å². The van der Waals surface area contributed by atoms with Crippen LogP contribution in [0, 0.1) is 6.92 Å². The number of aryl methyl sites for hydroxylation is 1. The Labute approximate surface area is 175 Å². The molecule has 6 heteroatoms. The Hall–Kier alpha value is -2.31. The zero-order valence-corrected chi connectivity index (χ0v) is 17.7. The smallest absolute Gasteiger partial charge is 0.339 e. The molecule has 2 aromatic carbocycles. The van der Waals surface area contributed by atoms with Gasteiger partial charge in [0.25, 0.3) is 5.91 Å². The van der Waals surface area contributed by atoms with Gasteiger partial charge in [0.15, 0.2) is 5.60 Å². The first kappa shape index (κ1) is 20.0. The van der Waals surface area contributed by atoms with Crippen LogP contribution in [0.2, 0.25) is 0 Å². The van der Waals surface area contributed by atoms with Crippen molar-refractivity contribution in [2.45, 2.75) is 32.4 Å². The molecule has 2 aliphatic heterocycles. The molecule has 1 amide bonds. The maximum Gasteiger partial charge on any atom is 0.339 e. The lowest BCUT2D eigenvalue weighted by molar-refractivity contribution is -0.134. The number of rotatable bonds is 4. The monoisotopic (exact) mass is 410 g/mol. The lowest BCUT2D eigenvalue weighted by Gasteiger charge is -2.33. The molecule has 2 aromatic rings. The number of cyclic esters (lactones) is 1. The molecule has 152 valence electrons. The van der Waals surface area contributed by atoms with Crippen molar-refractivity contribution in [2.75, 3.05) is 29.9 Å². The number of nitrogens with zero attached hydrogens (tertiary/aromatic N) is 1. The number of amides is 1. The van der Waals surface area contributed by atoms with E-state index in [0.717, 1.165) is 36.4 Å². The molecule has 1 unspecified atom stereocenters. The van der Waals surface area contributed by atoms with Crippen LogP contribution in [-0.2, 0) is 22.5 Å². The van der Waals surface area contributed by atoms with Gasteiger partial charge in [-0.15, -0.1) is 0 Å². The average Bonchev–Trinajstić information content (AvgIpc) is 2.70. The number of anilines is 1. The summed E-state index contributed by atoms with van der Waals surface area (Å²) < 4.78 is 5.54. The van der Waals surface area contributed by atoms with Crippen molar-refractivity contribution in [2.24, 2.45) is 0 Å². The highest BCUT2D eigenvalue weighted by molar-refractivity contribution is 7.99. The zero-order valence-electron chi connectivity index (χ0n) is 16.9. The molecule has 0 aromatic heterocycles. The van der Waals surface area contributed by atoms with Crippen molar-refractivity contribution in [1.82, 2.24) is 4.90 Å². The third-order valence-corrected chi connectivity index (χ3v) is 6.55. The Balaban J connectivity index is 1.46. The molecule has 0 aliphatic carbocycles. The number of ether oxygens (including phenoxy) is 1. The molecule has 0 spiro atoms. The second-order valence-electron chi connectivity index (χ2n) is 7.95. The Kier molecular flexibility index (Phi) is 5.65. The Morgan fingerprint density at radius 1 is 1.21 bits per heavy atom. The number of hydrogen-bond donors (Lipinski definition) is 1. The molecule has 2 heterocycles. The molecule has 0 radical (unpaired) electrons. The number of carbonyl (C=O) groups is 2. The molecule has 1 saturated heterocycles. The molecule has 2 aliphatic rings. The van der Waals surface area contributed by atoms with E-state index in [4.69, 9.17) is 4.74 Å². The minimum absolute atomic E-state index is 0.302. The van der Waals surface area contributed by atoms with Crippen molar-refractivity contribution in [3.05, 3.63) is 64.7 Å². The van der Waals surface area contributed by atoms with Gasteiger partial charge in [-0.25, -0.2) is 4.79 Å². The highest BCUT2D eigenvalue weighted by Crippen LogP contribution is 2.30. The number of carbonyl (C=O) groups excluding carboxylic acids is 2. The molecule has 0 saturated carbocycles. The molecule has 0 bridgehead atoms. The summed E-state index contributed by atoms with van der Waals surface area (Å²) in [5, 5.41) is 2.97. The van der Waals surface area contributed by atoms with Crippen LogP contribution in [-0.4, -0.2) is 47.0 Å². The molecule has 1 N–H and O–H groups in total. The van der Waals surface area contributed by atoms with Crippen molar-refractivity contribution in [3.8, 4) is 0 Å². The summed E-state index contributed by atoms with van der Waals surface area (Å²) in [5.74, 6) is 1.63. The second-order valence-corrected chi connectivity index (χ2v) is 9.17. The first-order valence-corrected chi connectivity index (χ1v) is 11.1. The fraction of sp³-hybridized carbons (Fsp3) is 0.391. The van der Waals surface area contributed by atoms with Crippen LogP contribution in [0.4, 0.5) is 5.69 Å². The fourth-order valence-electron chi connectivity index (χ4n) is 3.90. The van der Waals surface area contributed by atoms with E-state index in [2.05, 4.69) is 22.3 Å². The number of hydrogen-bond acceptors (Lipinski definition) is 5. The molecular formula is C23H26N2O3S. The third-order valence-electron chi connectivity index (χ3n) is 5.61. The van der Waals surface area contributed by atoms with Gasteiger partial charge in [-0.05, 0) is 42.7 Å². The van der Waals surface area contributed by atoms with Gasteiger partial charge in [0.2, 0.25) is 0 Å². The van der Waals surface area contributed by atoms with Crippen LogP contribution < -0.4 is 5.32 Å². The first-order chi connectivity index (χ1) is 13.9. The lowest BCUT2D eigenvalue weighted by Crippen LogP contribution is -2.49. The Morgan fingerprint density at radius 2 is 1.97 bits per heavy atom. The summed E-state index contributed by atoms with van der Waals surface area (Å²) in [7, 11) is 0. The van der Waals surface area contributed by atoms with Gasteiger partial charge in [-0.3, -0.25) is 9.69 Å². The number of fused-ring (bicyclic) bond motifs is 1. The van der Waals surface area contributed by atoms with Crippen LogP contribution in [0.3, 0.4) is 0 Å². The predicted molar refractivity (Wildman–Crippen MR) is 116 cm³/mol. The summed E-state index contributed by atoms with van der Waals surface area (Å²) in [4.78, 5) is 27.8. The van der Waals surface area contributed by atoms with Gasteiger partial charge < -0.3 is 10.1 Å². The van der Waals surface area contributed by atoms with Gasteiger partial charge in [0.05, 0.1) is 5.56 Å². The maximum absolute atomic E-state index is 13.0. The lowest BCUT2D eigenvalue weighted by atomic mass is 9.89. The van der Waals surface area contributed by atoms with Gasteiger partial charge in [-0.2, -0.15) is 11.8 Å². The highest BCUT2D eigenvalue weighted by atomic mass is 32.2. The topological polar surface area (TPSA) is 58.6 Å². The molecule has 5 nitrogen and oxygen atoms in total. The zero-order chi connectivity index (χ0) is 20.4. The first-order valence-electron chi connectivity index (χ1n) is 9.97. The second kappa shape index (κ2) is 8.20. The van der Waals surface area contributed by atoms with E-state index in [0.29, 0.717) is 12.0 Å². The normalized spacial score (nSPS) is 21.9.